The van der Waals surface area contributed by atoms with Crippen LogP contribution in [0.3, 0.4) is 0 Å². The predicted molar refractivity (Wildman–Crippen MR) is 80.5 cm³/mol. The maximum absolute atomic E-state index is 11.8. The van der Waals surface area contributed by atoms with E-state index in [0.717, 1.165) is 17.7 Å². The van der Waals surface area contributed by atoms with Crippen LogP contribution in [0, 0.1) is 17.0 Å². The van der Waals surface area contributed by atoms with Crippen molar-refractivity contribution in [1.82, 2.24) is 0 Å². The Bertz CT molecular complexity index is 770. The van der Waals surface area contributed by atoms with E-state index in [0.29, 0.717) is 10.7 Å². The van der Waals surface area contributed by atoms with Crippen LogP contribution in [0.5, 0.6) is 0 Å². The van der Waals surface area contributed by atoms with Gasteiger partial charge in [0.25, 0.3) is 5.91 Å². The second-order valence-electron chi connectivity index (χ2n) is 4.48. The molecule has 0 fully saturated rings. The van der Waals surface area contributed by atoms with Crippen LogP contribution in [0.25, 0.3) is 0 Å². The maximum Gasteiger partial charge on any atom is 0.433 e. The summed E-state index contributed by atoms with van der Waals surface area (Å²) in [4.78, 5) is 33.0. The third-order valence-corrected chi connectivity index (χ3v) is 3.02. The lowest BCUT2D eigenvalue weighted by Gasteiger charge is -2.08. The summed E-state index contributed by atoms with van der Waals surface area (Å²) in [7, 11) is 0. The van der Waals surface area contributed by atoms with Crippen molar-refractivity contribution in [3.63, 3.8) is 0 Å². The van der Waals surface area contributed by atoms with E-state index >= 15 is 0 Å². The van der Waals surface area contributed by atoms with Gasteiger partial charge in [-0.15, -0.1) is 0 Å². The number of rotatable bonds is 5. The minimum atomic E-state index is -0.976. The van der Waals surface area contributed by atoms with Crippen molar-refractivity contribution in [2.75, 3.05) is 11.9 Å². The van der Waals surface area contributed by atoms with Gasteiger partial charge in [0.05, 0.1) is 6.07 Å². The lowest BCUT2D eigenvalue weighted by Crippen LogP contribution is -2.21. The first kappa shape index (κ1) is 16.5. The Balaban J connectivity index is 1.92. The third-order valence-electron chi connectivity index (χ3n) is 2.78. The molecule has 1 aromatic heterocycles. The van der Waals surface area contributed by atoms with Crippen LogP contribution in [-0.4, -0.2) is 23.4 Å². The van der Waals surface area contributed by atoms with Gasteiger partial charge in [0.1, 0.15) is 4.92 Å². The number of hydrogen-bond donors (Lipinski definition) is 1. The van der Waals surface area contributed by atoms with Crippen molar-refractivity contribution < 1.29 is 23.7 Å². The molecule has 0 atom stereocenters. The number of nitro groups is 1. The highest BCUT2D eigenvalue weighted by Crippen LogP contribution is 2.20. The van der Waals surface area contributed by atoms with E-state index in [4.69, 9.17) is 16.3 Å². The standard InChI is InChI=1S/C14H11ClN2O6/c1-8-2-3-9(15)6-10(8)16-12(18)7-22-14(19)11-4-5-13(23-11)17(20)21/h2-6H,7H2,1H3,(H,16,18). The van der Waals surface area contributed by atoms with Gasteiger partial charge in [-0.25, -0.2) is 4.79 Å². The Labute approximate surface area is 135 Å². The average molecular weight is 339 g/mol. The van der Waals surface area contributed by atoms with Gasteiger partial charge in [-0.2, -0.15) is 0 Å². The van der Waals surface area contributed by atoms with Gasteiger partial charge in [0.2, 0.25) is 5.76 Å². The van der Waals surface area contributed by atoms with E-state index in [1.165, 1.54) is 0 Å². The molecule has 1 amide bonds. The van der Waals surface area contributed by atoms with Crippen molar-refractivity contribution in [2.45, 2.75) is 6.92 Å². The molecule has 1 N–H and O–H groups in total. The van der Waals surface area contributed by atoms with Crippen LogP contribution in [0.2, 0.25) is 5.02 Å². The first-order valence-corrected chi connectivity index (χ1v) is 6.72. The van der Waals surface area contributed by atoms with Crippen molar-refractivity contribution in [1.29, 1.82) is 0 Å². The SMILES string of the molecule is Cc1ccc(Cl)cc1NC(=O)COC(=O)c1ccc([N+](=O)[O-])o1. The minimum Gasteiger partial charge on any atom is -0.450 e. The summed E-state index contributed by atoms with van der Waals surface area (Å²) < 4.78 is 9.39. The number of carbonyl (C=O) groups excluding carboxylic acids is 2. The van der Waals surface area contributed by atoms with E-state index in [9.17, 15) is 19.7 Å². The first-order chi connectivity index (χ1) is 10.9. The topological polar surface area (TPSA) is 112 Å². The molecular weight excluding hydrogens is 328 g/mol. The number of anilines is 1. The molecule has 0 saturated heterocycles. The predicted octanol–water partition coefficient (Wildman–Crippen LogP) is 2.95. The highest BCUT2D eigenvalue weighted by Gasteiger charge is 2.19. The summed E-state index contributed by atoms with van der Waals surface area (Å²) in [6.07, 6.45) is 0. The van der Waals surface area contributed by atoms with Gasteiger partial charge in [-0.1, -0.05) is 17.7 Å². The molecule has 2 aromatic rings. The number of nitrogens with zero attached hydrogens (tertiary/aromatic N) is 1. The van der Waals surface area contributed by atoms with Gasteiger partial charge < -0.3 is 14.5 Å². The fraction of sp³-hybridized carbons (Fsp3) is 0.143. The number of benzene rings is 1. The summed E-state index contributed by atoms with van der Waals surface area (Å²) >= 11 is 5.83. The Morgan fingerprint density at radius 1 is 1.35 bits per heavy atom. The second-order valence-corrected chi connectivity index (χ2v) is 4.91. The number of hydrogen-bond acceptors (Lipinski definition) is 6. The van der Waals surface area contributed by atoms with E-state index in [1.807, 2.05) is 0 Å². The van der Waals surface area contributed by atoms with Gasteiger partial charge >= 0.3 is 11.9 Å². The number of carbonyl (C=O) groups is 2. The number of esters is 1. The van der Waals surface area contributed by atoms with Gasteiger partial charge in [0.15, 0.2) is 6.61 Å². The lowest BCUT2D eigenvalue weighted by molar-refractivity contribution is -0.402. The fourth-order valence-corrected chi connectivity index (χ4v) is 1.83. The molecule has 9 heteroatoms. The zero-order valence-corrected chi connectivity index (χ0v) is 12.6. The molecule has 0 aliphatic heterocycles. The van der Waals surface area contributed by atoms with Crippen LogP contribution >= 0.6 is 11.6 Å². The summed E-state index contributed by atoms with van der Waals surface area (Å²) in [6.45, 7) is 1.21. The van der Waals surface area contributed by atoms with Gasteiger partial charge in [0, 0.05) is 10.7 Å². The zero-order chi connectivity index (χ0) is 17.0. The van der Waals surface area contributed by atoms with Crippen LogP contribution in [0.15, 0.2) is 34.7 Å². The number of furan rings is 1. The van der Waals surface area contributed by atoms with Crippen molar-refractivity contribution in [3.8, 4) is 0 Å². The summed E-state index contributed by atoms with van der Waals surface area (Å²) in [5.41, 5.74) is 1.28. The molecule has 0 aliphatic rings. The summed E-state index contributed by atoms with van der Waals surface area (Å²) in [5, 5.41) is 13.4. The van der Waals surface area contributed by atoms with Crippen molar-refractivity contribution in [3.05, 3.63) is 56.8 Å². The smallest absolute Gasteiger partial charge is 0.433 e. The molecule has 2 rings (SSSR count). The highest BCUT2D eigenvalue weighted by molar-refractivity contribution is 6.31. The van der Waals surface area contributed by atoms with Crippen LogP contribution in [-0.2, 0) is 9.53 Å². The second kappa shape index (κ2) is 6.93. The summed E-state index contributed by atoms with van der Waals surface area (Å²) in [5.74, 6) is -2.50. The van der Waals surface area contributed by atoms with Crippen LogP contribution in [0.1, 0.15) is 16.1 Å². The first-order valence-electron chi connectivity index (χ1n) is 6.34. The molecule has 0 bridgehead atoms. The molecule has 0 radical (unpaired) electrons. The number of aryl methyl sites for hydroxylation is 1. The van der Waals surface area contributed by atoms with Gasteiger partial charge in [-0.05, 0) is 30.7 Å². The molecular formula is C14H11ClN2O6. The molecule has 120 valence electrons. The van der Waals surface area contributed by atoms with Crippen molar-refractivity contribution in [2.24, 2.45) is 0 Å². The Hall–Kier alpha value is -2.87. The van der Waals surface area contributed by atoms with E-state index in [2.05, 4.69) is 9.73 Å². The molecule has 1 aromatic carbocycles. The van der Waals surface area contributed by atoms with Crippen molar-refractivity contribution >= 4 is 35.0 Å². The van der Waals surface area contributed by atoms with Crippen LogP contribution < -0.4 is 5.32 Å². The molecule has 23 heavy (non-hydrogen) atoms. The van der Waals surface area contributed by atoms with E-state index in [1.54, 1.807) is 25.1 Å². The Morgan fingerprint density at radius 2 is 2.09 bits per heavy atom. The quantitative estimate of drug-likeness (QED) is 0.509. The number of amides is 1. The molecule has 0 spiro atoms. The Kier molecular flexibility index (Phi) is 4.97. The fourth-order valence-electron chi connectivity index (χ4n) is 1.65. The third kappa shape index (κ3) is 4.30. The molecule has 1 heterocycles. The highest BCUT2D eigenvalue weighted by atomic mass is 35.5. The van der Waals surface area contributed by atoms with E-state index < -0.39 is 29.3 Å². The molecule has 0 aliphatic carbocycles. The van der Waals surface area contributed by atoms with Crippen LogP contribution in [0.4, 0.5) is 11.6 Å². The molecule has 8 nitrogen and oxygen atoms in total. The number of halogens is 1. The molecule has 0 unspecified atom stereocenters. The number of nitrogens with one attached hydrogen (secondary N) is 1. The minimum absolute atomic E-state index is 0.358. The normalized spacial score (nSPS) is 10.2. The zero-order valence-electron chi connectivity index (χ0n) is 11.9. The monoisotopic (exact) mass is 338 g/mol. The van der Waals surface area contributed by atoms with Gasteiger partial charge in [-0.3, -0.25) is 14.9 Å². The Morgan fingerprint density at radius 3 is 2.74 bits per heavy atom. The summed E-state index contributed by atoms with van der Waals surface area (Å²) in [6, 6.07) is 7.08. The van der Waals surface area contributed by atoms with E-state index in [-0.39, 0.29) is 5.76 Å². The number of ether oxygens (including phenoxy) is 1. The average Bonchev–Trinajstić information content (AvgIpc) is 2.99. The lowest BCUT2D eigenvalue weighted by atomic mass is 10.2. The maximum atomic E-state index is 11.8. The molecule has 0 saturated carbocycles. The largest absolute Gasteiger partial charge is 0.450 e.